The minimum atomic E-state index is -1.18. The molecule has 9 heteroatoms. The van der Waals surface area contributed by atoms with Crippen molar-refractivity contribution in [2.45, 2.75) is 65.2 Å². The van der Waals surface area contributed by atoms with Crippen molar-refractivity contribution in [3.8, 4) is 0 Å². The van der Waals surface area contributed by atoms with Gasteiger partial charge in [0.25, 0.3) is 5.91 Å². The first-order chi connectivity index (χ1) is 11.4. The third-order valence-corrected chi connectivity index (χ3v) is 3.51. The lowest BCUT2D eigenvalue weighted by molar-refractivity contribution is -0.162. The molecule has 0 radical (unpaired) electrons. The van der Waals surface area contributed by atoms with Crippen LogP contribution in [0.1, 0.15) is 47.5 Å². The molecule has 1 saturated heterocycles. The van der Waals surface area contributed by atoms with Crippen LogP contribution in [0.5, 0.6) is 0 Å². The summed E-state index contributed by atoms with van der Waals surface area (Å²) >= 11 is 0. The summed E-state index contributed by atoms with van der Waals surface area (Å²) < 4.78 is 10.6. The lowest BCUT2D eigenvalue weighted by Gasteiger charge is -2.29. The van der Waals surface area contributed by atoms with Gasteiger partial charge in [-0.25, -0.2) is 14.4 Å². The molecule has 0 aliphatic carbocycles. The zero-order valence-corrected chi connectivity index (χ0v) is 15.3. The van der Waals surface area contributed by atoms with E-state index in [9.17, 15) is 19.2 Å². The van der Waals surface area contributed by atoms with E-state index >= 15 is 0 Å². The van der Waals surface area contributed by atoms with Crippen molar-refractivity contribution < 1.29 is 28.7 Å². The second kappa shape index (κ2) is 8.17. The first-order valence-corrected chi connectivity index (χ1v) is 8.22. The van der Waals surface area contributed by atoms with Gasteiger partial charge >= 0.3 is 18.1 Å². The number of hydrogen-bond donors (Lipinski definition) is 2. The number of carbonyl (C=O) groups is 4. The number of carbonyl (C=O) groups excluding carboxylic acids is 4. The number of imide groups is 1. The fraction of sp³-hybridized carbons (Fsp3) is 0.750. The minimum Gasteiger partial charge on any atom is -0.450 e. The number of nitrogens with zero attached hydrogens (tertiary/aromatic N) is 1. The zero-order chi connectivity index (χ0) is 19.4. The van der Waals surface area contributed by atoms with Gasteiger partial charge in [-0.1, -0.05) is 13.8 Å². The number of primary amides is 1. The van der Waals surface area contributed by atoms with Crippen molar-refractivity contribution in [3.63, 3.8) is 0 Å². The summed E-state index contributed by atoms with van der Waals surface area (Å²) in [6, 6.07) is -1.85. The van der Waals surface area contributed by atoms with Gasteiger partial charge in [-0.3, -0.25) is 15.0 Å². The number of hydrogen-bond acceptors (Lipinski definition) is 6. The van der Waals surface area contributed by atoms with Crippen LogP contribution < -0.4 is 11.1 Å². The maximum Gasteiger partial charge on any atom is 0.411 e. The van der Waals surface area contributed by atoms with Gasteiger partial charge in [0, 0.05) is 6.54 Å². The average molecular weight is 357 g/mol. The number of likely N-dealkylation sites (tertiary alicyclic amines) is 1. The van der Waals surface area contributed by atoms with Crippen LogP contribution in [0.2, 0.25) is 0 Å². The summed E-state index contributed by atoms with van der Waals surface area (Å²) in [4.78, 5) is 48.8. The van der Waals surface area contributed by atoms with Crippen molar-refractivity contribution in [2.24, 2.45) is 11.7 Å². The molecular formula is C16H27N3O6. The summed E-state index contributed by atoms with van der Waals surface area (Å²) in [7, 11) is 0. The molecule has 9 nitrogen and oxygen atoms in total. The Morgan fingerprint density at radius 1 is 1.20 bits per heavy atom. The Morgan fingerprint density at radius 3 is 2.28 bits per heavy atom. The predicted molar refractivity (Wildman–Crippen MR) is 88.4 cm³/mol. The van der Waals surface area contributed by atoms with Gasteiger partial charge in [0.05, 0.1) is 0 Å². The quantitative estimate of drug-likeness (QED) is 0.726. The maximum absolute atomic E-state index is 12.5. The highest BCUT2D eigenvalue weighted by molar-refractivity contribution is 5.97. The topological polar surface area (TPSA) is 128 Å². The van der Waals surface area contributed by atoms with E-state index in [1.807, 2.05) is 5.32 Å². The summed E-state index contributed by atoms with van der Waals surface area (Å²) in [5, 5.41) is 1.90. The van der Waals surface area contributed by atoms with E-state index in [2.05, 4.69) is 0 Å². The fourth-order valence-electron chi connectivity index (χ4n) is 2.44. The molecule has 3 N–H and O–H groups in total. The van der Waals surface area contributed by atoms with Crippen LogP contribution in [0.4, 0.5) is 9.59 Å². The summed E-state index contributed by atoms with van der Waals surface area (Å²) in [6.45, 7) is 8.90. The highest BCUT2D eigenvalue weighted by atomic mass is 16.6. The SMILES string of the molecule is CC(C)[C@@H](OC(=O)[C@@H]1CCCN1C(=O)OC(C)(C)C)C(=O)NC(N)=O. The van der Waals surface area contributed by atoms with Crippen LogP contribution in [-0.2, 0) is 19.1 Å². The molecule has 1 fully saturated rings. The van der Waals surface area contributed by atoms with Crippen LogP contribution >= 0.6 is 0 Å². The van der Waals surface area contributed by atoms with Crippen LogP contribution in [0.3, 0.4) is 0 Å². The molecule has 0 spiro atoms. The fourth-order valence-corrected chi connectivity index (χ4v) is 2.44. The number of ether oxygens (including phenoxy) is 2. The van der Waals surface area contributed by atoms with Crippen LogP contribution in [0.25, 0.3) is 0 Å². The third-order valence-electron chi connectivity index (χ3n) is 3.51. The molecule has 2 atom stereocenters. The van der Waals surface area contributed by atoms with E-state index in [-0.39, 0.29) is 5.92 Å². The molecule has 0 aromatic carbocycles. The molecule has 0 aromatic rings. The molecule has 0 unspecified atom stereocenters. The number of urea groups is 1. The smallest absolute Gasteiger partial charge is 0.411 e. The van der Waals surface area contributed by atoms with Gasteiger partial charge in [-0.2, -0.15) is 0 Å². The molecule has 0 aromatic heterocycles. The minimum absolute atomic E-state index is 0.370. The summed E-state index contributed by atoms with van der Waals surface area (Å²) in [6.07, 6.45) is -0.741. The Hall–Kier alpha value is -2.32. The van der Waals surface area contributed by atoms with Crippen molar-refractivity contribution >= 4 is 24.0 Å². The molecule has 1 rings (SSSR count). The van der Waals surface area contributed by atoms with E-state index in [0.29, 0.717) is 19.4 Å². The highest BCUT2D eigenvalue weighted by Gasteiger charge is 2.39. The normalized spacial score (nSPS) is 18.6. The number of rotatable bonds is 4. The molecule has 1 heterocycles. The molecular weight excluding hydrogens is 330 g/mol. The van der Waals surface area contributed by atoms with E-state index in [1.54, 1.807) is 34.6 Å². The Balaban J connectivity index is 2.80. The second-order valence-electron chi connectivity index (χ2n) is 7.29. The number of nitrogens with two attached hydrogens (primary N) is 1. The molecule has 25 heavy (non-hydrogen) atoms. The summed E-state index contributed by atoms with van der Waals surface area (Å²) in [5.41, 5.74) is 4.24. The van der Waals surface area contributed by atoms with Gasteiger partial charge in [-0.15, -0.1) is 0 Å². The van der Waals surface area contributed by atoms with E-state index < -0.39 is 41.7 Å². The van der Waals surface area contributed by atoms with Gasteiger partial charge in [0.15, 0.2) is 6.10 Å². The average Bonchev–Trinajstić information content (AvgIpc) is 2.90. The summed E-state index contributed by atoms with van der Waals surface area (Å²) in [5.74, 6) is -1.88. The number of nitrogens with one attached hydrogen (secondary N) is 1. The van der Waals surface area contributed by atoms with Crippen LogP contribution in [-0.4, -0.2) is 53.2 Å². The predicted octanol–water partition coefficient (Wildman–Crippen LogP) is 1.15. The maximum atomic E-state index is 12.5. The van der Waals surface area contributed by atoms with E-state index in [0.717, 1.165) is 0 Å². The Bertz CT molecular complexity index is 540. The van der Waals surface area contributed by atoms with Gasteiger partial charge in [0.1, 0.15) is 11.6 Å². The lowest BCUT2D eigenvalue weighted by atomic mass is 10.1. The molecule has 1 aliphatic heterocycles. The van der Waals surface area contributed by atoms with Gasteiger partial charge < -0.3 is 15.2 Å². The molecule has 4 amide bonds. The first-order valence-electron chi connectivity index (χ1n) is 8.22. The Kier molecular flexibility index (Phi) is 6.78. The van der Waals surface area contributed by atoms with E-state index in [1.165, 1.54) is 4.90 Å². The first kappa shape index (κ1) is 20.7. The Morgan fingerprint density at radius 2 is 1.80 bits per heavy atom. The lowest BCUT2D eigenvalue weighted by Crippen LogP contribution is -2.49. The van der Waals surface area contributed by atoms with Crippen molar-refractivity contribution in [1.82, 2.24) is 10.2 Å². The van der Waals surface area contributed by atoms with Gasteiger partial charge in [0.2, 0.25) is 0 Å². The number of amides is 4. The standard InChI is InChI=1S/C16H27N3O6/c1-9(2)11(12(20)18-14(17)22)24-13(21)10-7-6-8-19(10)15(23)25-16(3,4)5/h9-11H,6-8H2,1-5H3,(H3,17,18,20,22)/t10-,11+/m0/s1. The molecule has 142 valence electrons. The van der Waals surface area contributed by atoms with Crippen LogP contribution in [0, 0.1) is 5.92 Å². The second-order valence-corrected chi connectivity index (χ2v) is 7.29. The number of esters is 1. The molecule has 0 bridgehead atoms. The molecule has 1 aliphatic rings. The largest absolute Gasteiger partial charge is 0.450 e. The molecule has 0 saturated carbocycles. The third kappa shape index (κ3) is 6.24. The zero-order valence-electron chi connectivity index (χ0n) is 15.3. The van der Waals surface area contributed by atoms with E-state index in [4.69, 9.17) is 15.2 Å². The van der Waals surface area contributed by atoms with Crippen molar-refractivity contribution in [2.75, 3.05) is 6.54 Å². The van der Waals surface area contributed by atoms with Crippen LogP contribution in [0.15, 0.2) is 0 Å². The Labute approximate surface area is 147 Å². The highest BCUT2D eigenvalue weighted by Crippen LogP contribution is 2.23. The monoisotopic (exact) mass is 357 g/mol. The van der Waals surface area contributed by atoms with Crippen molar-refractivity contribution in [3.05, 3.63) is 0 Å². The van der Waals surface area contributed by atoms with Crippen molar-refractivity contribution in [1.29, 1.82) is 0 Å². The van der Waals surface area contributed by atoms with Gasteiger partial charge in [-0.05, 0) is 39.5 Å².